The Hall–Kier alpha value is -3.10. The van der Waals surface area contributed by atoms with Crippen molar-refractivity contribution < 1.29 is 0 Å². The molecule has 7 rings (SSSR count). The molecule has 144 valence electrons. The summed E-state index contributed by atoms with van der Waals surface area (Å²) in [7, 11) is 0. The van der Waals surface area contributed by atoms with Gasteiger partial charge in [0.2, 0.25) is 0 Å². The van der Waals surface area contributed by atoms with Crippen molar-refractivity contribution in [1.82, 2.24) is 0 Å². The second-order valence-corrected chi connectivity index (χ2v) is 9.60. The Balaban J connectivity index is 1.53. The number of rotatable bonds is 1. The van der Waals surface area contributed by atoms with Crippen molar-refractivity contribution in [2.24, 2.45) is 17.8 Å². The van der Waals surface area contributed by atoms with E-state index < -0.39 is 0 Å². The number of benzene rings is 2. The van der Waals surface area contributed by atoms with Crippen LogP contribution in [0.3, 0.4) is 0 Å². The molecule has 4 unspecified atom stereocenters. The molecule has 1 fully saturated rings. The van der Waals surface area contributed by atoms with Gasteiger partial charge in [0.25, 0.3) is 0 Å². The van der Waals surface area contributed by atoms with E-state index in [4.69, 9.17) is 0 Å². The highest BCUT2D eigenvalue weighted by Gasteiger charge is 2.45. The summed E-state index contributed by atoms with van der Waals surface area (Å²) in [5.41, 5.74) is 4.28. The molecular formula is C28H21NS. The number of allylic oxidation sites excluding steroid dienone is 7. The van der Waals surface area contributed by atoms with E-state index in [1.54, 1.807) is 5.57 Å². The van der Waals surface area contributed by atoms with Crippen LogP contribution in [0.5, 0.6) is 0 Å². The SMILES string of the molecule is C1=CC2C=CC=C3C2C(=C1)C1C=c2c(sc4ccccc24)=CC1N3c1ccccc1. The average Bonchev–Trinajstić information content (AvgIpc) is 3.16. The highest BCUT2D eigenvalue weighted by Crippen LogP contribution is 2.50. The third-order valence-corrected chi connectivity index (χ3v) is 8.13. The fraction of sp³-hybridized carbons (Fsp3) is 0.143. The molecule has 1 aromatic heterocycles. The Bertz CT molecular complexity index is 1420. The number of hydrogen-bond donors (Lipinski definition) is 0. The zero-order chi connectivity index (χ0) is 19.7. The lowest BCUT2D eigenvalue weighted by atomic mass is 9.66. The number of hydrogen-bond acceptors (Lipinski definition) is 2. The molecule has 30 heavy (non-hydrogen) atoms. The molecule has 1 aliphatic heterocycles. The molecule has 0 bridgehead atoms. The van der Waals surface area contributed by atoms with E-state index in [9.17, 15) is 0 Å². The van der Waals surface area contributed by atoms with Crippen molar-refractivity contribution in [3.8, 4) is 0 Å². The van der Waals surface area contributed by atoms with E-state index >= 15 is 0 Å². The van der Waals surface area contributed by atoms with Crippen molar-refractivity contribution in [3.63, 3.8) is 0 Å². The van der Waals surface area contributed by atoms with Crippen LogP contribution in [0.15, 0.2) is 102 Å². The quantitative estimate of drug-likeness (QED) is 0.542. The van der Waals surface area contributed by atoms with Gasteiger partial charge in [0, 0.05) is 38.4 Å². The molecule has 4 atom stereocenters. The van der Waals surface area contributed by atoms with Crippen molar-refractivity contribution in [1.29, 1.82) is 0 Å². The number of thiophene rings is 1. The van der Waals surface area contributed by atoms with E-state index in [1.807, 2.05) is 11.3 Å². The maximum absolute atomic E-state index is 2.60. The van der Waals surface area contributed by atoms with Gasteiger partial charge in [0.15, 0.2) is 0 Å². The van der Waals surface area contributed by atoms with Crippen LogP contribution in [0.25, 0.3) is 22.2 Å². The normalized spacial score (nSPS) is 27.9. The van der Waals surface area contributed by atoms with Crippen LogP contribution in [-0.4, -0.2) is 6.04 Å². The monoisotopic (exact) mass is 403 g/mol. The summed E-state index contributed by atoms with van der Waals surface area (Å²) in [6, 6.07) is 20.1. The van der Waals surface area contributed by atoms with E-state index in [0.717, 1.165) is 0 Å². The second-order valence-electron chi connectivity index (χ2n) is 8.51. The molecule has 4 aliphatic rings. The van der Waals surface area contributed by atoms with Crippen molar-refractivity contribution in [3.05, 3.63) is 112 Å². The van der Waals surface area contributed by atoms with Crippen molar-refractivity contribution in [2.45, 2.75) is 6.04 Å². The summed E-state index contributed by atoms with van der Waals surface area (Å²) >= 11 is 1.93. The van der Waals surface area contributed by atoms with Gasteiger partial charge < -0.3 is 4.90 Å². The van der Waals surface area contributed by atoms with Crippen molar-refractivity contribution in [2.75, 3.05) is 4.90 Å². The molecular weight excluding hydrogens is 382 g/mol. The number of para-hydroxylation sites is 1. The highest BCUT2D eigenvalue weighted by atomic mass is 32.1. The van der Waals surface area contributed by atoms with Gasteiger partial charge in [-0.15, -0.1) is 11.3 Å². The first-order valence-electron chi connectivity index (χ1n) is 10.7. The maximum atomic E-state index is 2.60. The highest BCUT2D eigenvalue weighted by molar-refractivity contribution is 7.17. The zero-order valence-corrected chi connectivity index (χ0v) is 17.3. The lowest BCUT2D eigenvalue weighted by Crippen LogP contribution is -2.52. The van der Waals surface area contributed by atoms with Crippen LogP contribution in [0.2, 0.25) is 0 Å². The van der Waals surface area contributed by atoms with E-state index in [0.29, 0.717) is 23.8 Å². The van der Waals surface area contributed by atoms with Crippen LogP contribution in [0.4, 0.5) is 5.69 Å². The standard InChI is InChI=1S/C28H21NS/c1-2-10-19(11-3-1)29-24-14-7-9-18-8-6-13-21(28(18)24)22-16-23-20-12-4-5-15-26(20)30-27(23)17-25(22)29/h1-18,22,25,28H. The molecule has 2 heteroatoms. The van der Waals surface area contributed by atoms with Gasteiger partial charge >= 0.3 is 0 Å². The van der Waals surface area contributed by atoms with Gasteiger partial charge in [-0.1, -0.05) is 78.4 Å². The van der Waals surface area contributed by atoms with E-state index in [-0.39, 0.29) is 0 Å². The topological polar surface area (TPSA) is 3.24 Å². The molecule has 1 nitrogen and oxygen atoms in total. The first kappa shape index (κ1) is 16.7. The van der Waals surface area contributed by atoms with Crippen LogP contribution >= 0.6 is 11.3 Å². The molecule has 2 aromatic carbocycles. The Morgan fingerprint density at radius 3 is 2.50 bits per heavy atom. The van der Waals surface area contributed by atoms with E-state index in [2.05, 4.69) is 108 Å². The summed E-state index contributed by atoms with van der Waals surface area (Å²) in [6.45, 7) is 0. The molecule has 0 N–H and O–H groups in total. The maximum Gasteiger partial charge on any atom is 0.0636 e. The lowest BCUT2D eigenvalue weighted by molar-refractivity contribution is 0.451. The Kier molecular flexibility index (Phi) is 3.44. The fourth-order valence-corrected chi connectivity index (χ4v) is 6.90. The Morgan fingerprint density at radius 2 is 1.60 bits per heavy atom. The fourth-order valence-electron chi connectivity index (χ4n) is 5.74. The Labute approximate surface area is 180 Å². The summed E-state index contributed by atoms with van der Waals surface area (Å²) in [5, 5.41) is 2.82. The Morgan fingerprint density at radius 1 is 0.800 bits per heavy atom. The zero-order valence-electron chi connectivity index (χ0n) is 16.5. The van der Waals surface area contributed by atoms with Crippen LogP contribution in [0.1, 0.15) is 0 Å². The number of anilines is 1. The van der Waals surface area contributed by atoms with Gasteiger partial charge in [-0.2, -0.15) is 0 Å². The van der Waals surface area contributed by atoms with Gasteiger partial charge in [-0.25, -0.2) is 0 Å². The minimum Gasteiger partial charge on any atom is -0.337 e. The molecule has 2 heterocycles. The van der Waals surface area contributed by atoms with Crippen molar-refractivity contribution >= 4 is 39.3 Å². The number of fused-ring (bicyclic) bond motifs is 5. The summed E-state index contributed by atoms with van der Waals surface area (Å²) in [4.78, 5) is 2.60. The second kappa shape index (κ2) is 6.20. The molecule has 0 saturated carbocycles. The van der Waals surface area contributed by atoms with Crippen LogP contribution in [-0.2, 0) is 0 Å². The van der Waals surface area contributed by atoms with Crippen LogP contribution < -0.4 is 14.7 Å². The third-order valence-electron chi connectivity index (χ3n) is 6.98. The third kappa shape index (κ3) is 2.23. The van der Waals surface area contributed by atoms with Gasteiger partial charge in [0.05, 0.1) is 6.04 Å². The van der Waals surface area contributed by atoms with Gasteiger partial charge in [-0.05, 0) is 41.0 Å². The predicted molar refractivity (Wildman–Crippen MR) is 128 cm³/mol. The summed E-state index contributed by atoms with van der Waals surface area (Å²) < 4.78 is 2.79. The predicted octanol–water partition coefficient (Wildman–Crippen LogP) is 5.16. The number of piperidine rings is 1. The lowest BCUT2D eigenvalue weighted by Gasteiger charge is -2.51. The minimum absolute atomic E-state index is 0.306. The van der Waals surface area contributed by atoms with Crippen LogP contribution in [0, 0.1) is 17.8 Å². The molecule has 0 spiro atoms. The molecule has 0 amide bonds. The van der Waals surface area contributed by atoms with Gasteiger partial charge in [0.1, 0.15) is 0 Å². The number of nitrogens with zero attached hydrogens (tertiary/aromatic N) is 1. The summed E-state index contributed by atoms with van der Waals surface area (Å²) in [5.74, 6) is 1.26. The van der Waals surface area contributed by atoms with E-state index in [1.165, 1.54) is 31.2 Å². The van der Waals surface area contributed by atoms with Gasteiger partial charge in [-0.3, -0.25) is 0 Å². The first-order valence-corrected chi connectivity index (χ1v) is 11.5. The summed E-state index contributed by atoms with van der Waals surface area (Å²) in [6.07, 6.45) is 19.1. The minimum atomic E-state index is 0.306. The smallest absolute Gasteiger partial charge is 0.0636 e. The first-order chi connectivity index (χ1) is 14.9. The molecule has 0 radical (unpaired) electrons. The molecule has 3 aliphatic carbocycles. The molecule has 3 aromatic rings. The largest absolute Gasteiger partial charge is 0.337 e. The average molecular weight is 404 g/mol. The molecule has 1 saturated heterocycles.